The predicted octanol–water partition coefficient (Wildman–Crippen LogP) is 3.46. The van der Waals surface area contributed by atoms with Gasteiger partial charge in [0.25, 0.3) is 0 Å². The van der Waals surface area contributed by atoms with Crippen LogP contribution in [0.25, 0.3) is 0 Å². The van der Waals surface area contributed by atoms with E-state index in [0.717, 1.165) is 19.3 Å². The van der Waals surface area contributed by atoms with Gasteiger partial charge in [-0.2, -0.15) is 0 Å². The van der Waals surface area contributed by atoms with E-state index in [-0.39, 0.29) is 30.6 Å². The average molecular weight is 518 g/mol. The molecule has 0 radical (unpaired) electrons. The van der Waals surface area contributed by atoms with E-state index in [9.17, 15) is 19.5 Å². The number of carboxylic acids is 1. The number of nitrogens with one attached hydrogen (secondary N) is 1. The van der Waals surface area contributed by atoms with E-state index in [1.54, 1.807) is 30.3 Å². The Morgan fingerprint density at radius 3 is 2.57 bits per heavy atom. The largest absolute Gasteiger partial charge is 0.479 e. The van der Waals surface area contributed by atoms with Crippen LogP contribution in [-0.2, 0) is 38.4 Å². The molecule has 1 aromatic carbocycles. The van der Waals surface area contributed by atoms with Gasteiger partial charge in [0.15, 0.2) is 17.9 Å². The summed E-state index contributed by atoms with van der Waals surface area (Å²) in [5.41, 5.74) is -0.305. The molecule has 37 heavy (non-hydrogen) atoms. The fraction of sp³-hybridized carbons (Fsp3) is 0.667. The summed E-state index contributed by atoms with van der Waals surface area (Å²) in [6.07, 6.45) is 1.48. The van der Waals surface area contributed by atoms with Gasteiger partial charge in [-0.25, -0.2) is 14.6 Å². The smallest absolute Gasteiger partial charge is 0.330 e. The highest BCUT2D eigenvalue weighted by Gasteiger charge is 2.69. The molecule has 2 N–H and O–H groups in total. The van der Waals surface area contributed by atoms with E-state index >= 15 is 0 Å². The minimum absolute atomic E-state index is 0.0124. The standard InChI is InChI=1S/C27H35NO9/c1-15-9-10-19-16(2)24(34-25-27(19)18(15)13-14-26(3,35-25)36-37-27)33-21(30)12-11-20(29)28-22(23(31)32)17-7-5-4-6-8-17/h4-8,15-16,18-19,22,24-25H,9-14H2,1-3H3,(H,28,29)(H,31,32)/t15-,16-,18+,19+,22+,24-,25-,26+,27+/m1/s1. The Bertz CT molecular complexity index is 1030. The van der Waals surface area contributed by atoms with Crippen molar-refractivity contribution >= 4 is 17.8 Å². The zero-order valence-electron chi connectivity index (χ0n) is 21.4. The summed E-state index contributed by atoms with van der Waals surface area (Å²) in [5.74, 6) is -2.80. The number of ether oxygens (including phenoxy) is 3. The lowest BCUT2D eigenvalue weighted by Crippen LogP contribution is -2.70. The van der Waals surface area contributed by atoms with Gasteiger partial charge in [-0.3, -0.25) is 9.59 Å². The van der Waals surface area contributed by atoms with Crippen LogP contribution in [-0.4, -0.2) is 46.9 Å². The highest BCUT2D eigenvalue weighted by atomic mass is 17.3. The zero-order chi connectivity index (χ0) is 26.4. The van der Waals surface area contributed by atoms with Crippen molar-refractivity contribution in [3.05, 3.63) is 35.9 Å². The number of carbonyl (C=O) groups is 3. The molecule has 1 aromatic rings. The van der Waals surface area contributed by atoms with Gasteiger partial charge in [0.05, 0.1) is 6.42 Å². The van der Waals surface area contributed by atoms with Crippen molar-refractivity contribution in [2.75, 3.05) is 0 Å². The topological polar surface area (TPSA) is 130 Å². The number of benzene rings is 1. The van der Waals surface area contributed by atoms with Crippen LogP contribution < -0.4 is 5.32 Å². The number of hydrogen-bond donors (Lipinski definition) is 2. The average Bonchev–Trinajstić information content (AvgIpc) is 3.10. The van der Waals surface area contributed by atoms with Crippen molar-refractivity contribution in [2.45, 2.75) is 89.3 Å². The molecule has 4 saturated heterocycles. The maximum atomic E-state index is 12.7. The molecule has 0 aromatic heterocycles. The number of aliphatic carboxylic acids is 1. The fourth-order valence-corrected chi connectivity index (χ4v) is 6.58. The Morgan fingerprint density at radius 1 is 1.08 bits per heavy atom. The number of hydrogen-bond acceptors (Lipinski definition) is 8. The number of carbonyl (C=O) groups excluding carboxylic acids is 2. The Balaban J connectivity index is 1.22. The molecule has 1 saturated carbocycles. The van der Waals surface area contributed by atoms with Gasteiger partial charge < -0.3 is 24.6 Å². The van der Waals surface area contributed by atoms with E-state index in [1.807, 2.05) is 13.8 Å². The van der Waals surface area contributed by atoms with Crippen LogP contribution in [0, 0.1) is 23.7 Å². The molecule has 9 atom stereocenters. The molecule has 1 amide bonds. The third kappa shape index (κ3) is 4.76. The Morgan fingerprint density at radius 2 is 1.84 bits per heavy atom. The lowest BCUT2D eigenvalue weighted by atomic mass is 9.58. The molecule has 10 heteroatoms. The van der Waals surface area contributed by atoms with E-state index in [2.05, 4.69) is 12.2 Å². The molecule has 10 nitrogen and oxygen atoms in total. The molecule has 6 rings (SSSR count). The minimum atomic E-state index is -1.20. The zero-order valence-corrected chi connectivity index (χ0v) is 21.4. The molecule has 202 valence electrons. The summed E-state index contributed by atoms with van der Waals surface area (Å²) in [6.45, 7) is 6.04. The number of esters is 1. The summed E-state index contributed by atoms with van der Waals surface area (Å²) in [6, 6.07) is 7.19. The van der Waals surface area contributed by atoms with Gasteiger partial charge >= 0.3 is 11.9 Å². The Labute approximate surface area is 215 Å². The highest BCUT2D eigenvalue weighted by Crippen LogP contribution is 2.60. The summed E-state index contributed by atoms with van der Waals surface area (Å²) >= 11 is 0. The second-order valence-electron chi connectivity index (χ2n) is 11.0. The minimum Gasteiger partial charge on any atom is -0.479 e. The SMILES string of the molecule is C[C@H]1[C@H](OC(=O)CCC(=O)N[C@H](C(=O)O)c2ccccc2)O[C@@H]2O[C@]3(C)CC[C@H]4[C@H](C)CC[C@@H]1[C@]24OO3. The lowest BCUT2D eigenvalue weighted by molar-refractivity contribution is -0.576. The number of fused-ring (bicyclic) bond motifs is 2. The molecule has 1 aliphatic carbocycles. The van der Waals surface area contributed by atoms with Crippen molar-refractivity contribution in [1.82, 2.24) is 5.32 Å². The second-order valence-corrected chi connectivity index (χ2v) is 11.0. The Hall–Kier alpha value is -2.53. The van der Waals surface area contributed by atoms with Crippen molar-refractivity contribution in [2.24, 2.45) is 23.7 Å². The third-order valence-electron chi connectivity index (χ3n) is 8.59. The van der Waals surface area contributed by atoms with Crippen molar-refractivity contribution < 1.29 is 43.5 Å². The van der Waals surface area contributed by atoms with Crippen LogP contribution in [0.1, 0.15) is 70.9 Å². The van der Waals surface area contributed by atoms with Crippen LogP contribution in [0.4, 0.5) is 0 Å². The first-order chi connectivity index (χ1) is 17.6. The molecule has 2 bridgehead atoms. The molecule has 5 aliphatic rings. The first-order valence-electron chi connectivity index (χ1n) is 13.1. The maximum absolute atomic E-state index is 12.7. The highest BCUT2D eigenvalue weighted by molar-refractivity contribution is 5.86. The van der Waals surface area contributed by atoms with Crippen LogP contribution in [0.3, 0.4) is 0 Å². The van der Waals surface area contributed by atoms with E-state index in [1.165, 1.54) is 0 Å². The molecule has 0 unspecified atom stereocenters. The summed E-state index contributed by atoms with van der Waals surface area (Å²) in [5, 5.41) is 12.0. The fourth-order valence-electron chi connectivity index (χ4n) is 6.58. The number of rotatable bonds is 7. The quantitative estimate of drug-likeness (QED) is 0.412. The van der Waals surface area contributed by atoms with Gasteiger partial charge in [0.2, 0.25) is 18.0 Å². The van der Waals surface area contributed by atoms with E-state index in [4.69, 9.17) is 24.0 Å². The molecular weight excluding hydrogens is 482 g/mol. The molecular formula is C27H35NO9. The van der Waals surface area contributed by atoms with Crippen molar-refractivity contribution in [3.8, 4) is 0 Å². The number of carboxylic acid groups (broad SMARTS) is 1. The lowest BCUT2D eigenvalue weighted by Gasteiger charge is -2.59. The monoisotopic (exact) mass is 517 g/mol. The molecule has 4 heterocycles. The molecule has 5 fully saturated rings. The summed E-state index contributed by atoms with van der Waals surface area (Å²) in [4.78, 5) is 48.7. The van der Waals surface area contributed by atoms with Crippen LogP contribution >= 0.6 is 0 Å². The van der Waals surface area contributed by atoms with Crippen LogP contribution in [0.15, 0.2) is 30.3 Å². The van der Waals surface area contributed by atoms with Gasteiger partial charge in [0.1, 0.15) is 0 Å². The van der Waals surface area contributed by atoms with Gasteiger partial charge in [-0.1, -0.05) is 44.2 Å². The van der Waals surface area contributed by atoms with Crippen LogP contribution in [0.5, 0.6) is 0 Å². The van der Waals surface area contributed by atoms with E-state index < -0.39 is 47.9 Å². The second kappa shape index (κ2) is 9.98. The summed E-state index contributed by atoms with van der Waals surface area (Å²) < 4.78 is 18.2. The van der Waals surface area contributed by atoms with Crippen molar-refractivity contribution in [1.29, 1.82) is 0 Å². The summed E-state index contributed by atoms with van der Waals surface area (Å²) in [7, 11) is 0. The van der Waals surface area contributed by atoms with Crippen molar-refractivity contribution in [3.63, 3.8) is 0 Å². The van der Waals surface area contributed by atoms with E-state index in [0.29, 0.717) is 17.9 Å². The van der Waals surface area contributed by atoms with Gasteiger partial charge in [-0.05, 0) is 43.6 Å². The first-order valence-corrected chi connectivity index (χ1v) is 13.1. The maximum Gasteiger partial charge on any atom is 0.330 e. The number of amides is 1. The molecule has 1 spiro atoms. The van der Waals surface area contributed by atoms with Gasteiger partial charge in [-0.15, -0.1) is 0 Å². The normalized spacial score (nSPS) is 39.1. The Kier molecular flexibility index (Phi) is 7.04. The van der Waals surface area contributed by atoms with Gasteiger partial charge in [0, 0.05) is 24.7 Å². The van der Waals surface area contributed by atoms with Crippen LogP contribution in [0.2, 0.25) is 0 Å². The molecule has 4 aliphatic heterocycles. The first kappa shape index (κ1) is 26.1. The predicted molar refractivity (Wildman–Crippen MR) is 127 cm³/mol. The third-order valence-corrected chi connectivity index (χ3v) is 8.59.